The fourth-order valence-electron chi connectivity index (χ4n) is 1.62. The van der Waals surface area contributed by atoms with Crippen molar-refractivity contribution in [3.8, 4) is 0 Å². The third-order valence-electron chi connectivity index (χ3n) is 2.52. The Morgan fingerprint density at radius 2 is 1.43 bits per heavy atom. The summed E-state index contributed by atoms with van der Waals surface area (Å²) < 4.78 is 37.5. The zero-order valence-electron chi connectivity index (χ0n) is 9.49. The fourth-order valence-corrected chi connectivity index (χ4v) is 1.62. The third-order valence-corrected chi connectivity index (χ3v) is 2.52. The van der Waals surface area contributed by atoms with E-state index >= 15 is 0 Å². The van der Waals surface area contributed by atoms with Gasteiger partial charge in [-0.1, -0.05) is 40.5 Å². The van der Waals surface area contributed by atoms with Crippen LogP contribution >= 0.6 is 0 Å². The molecule has 0 rings (SSSR count). The van der Waals surface area contributed by atoms with E-state index in [-0.39, 0.29) is 12.3 Å². The van der Waals surface area contributed by atoms with Crippen LogP contribution in [0.4, 0.5) is 13.2 Å². The van der Waals surface area contributed by atoms with Crippen LogP contribution in [-0.2, 0) is 0 Å². The molecule has 0 saturated heterocycles. The van der Waals surface area contributed by atoms with Crippen molar-refractivity contribution in [2.24, 2.45) is 17.8 Å². The number of rotatable bonds is 5. The van der Waals surface area contributed by atoms with Crippen molar-refractivity contribution in [3.63, 3.8) is 0 Å². The summed E-state index contributed by atoms with van der Waals surface area (Å²) in [6, 6.07) is 0. The van der Waals surface area contributed by atoms with Gasteiger partial charge in [-0.2, -0.15) is 13.2 Å². The number of hydrogen-bond acceptors (Lipinski definition) is 0. The van der Waals surface area contributed by atoms with Crippen LogP contribution in [0.1, 0.15) is 47.0 Å². The topological polar surface area (TPSA) is 0 Å². The third kappa shape index (κ3) is 5.51. The van der Waals surface area contributed by atoms with Crippen molar-refractivity contribution < 1.29 is 13.2 Å². The van der Waals surface area contributed by atoms with Gasteiger partial charge in [0.15, 0.2) is 0 Å². The van der Waals surface area contributed by atoms with Gasteiger partial charge in [-0.05, 0) is 18.3 Å². The predicted octanol–water partition coefficient (Wildman–Crippen LogP) is 4.65. The minimum Gasteiger partial charge on any atom is -0.171 e. The normalized spacial score (nSPS) is 15.2. The minimum absolute atomic E-state index is 0.277. The van der Waals surface area contributed by atoms with E-state index in [0.29, 0.717) is 12.3 Å². The van der Waals surface area contributed by atoms with Crippen LogP contribution in [0.15, 0.2) is 0 Å². The Labute approximate surface area is 84.9 Å². The van der Waals surface area contributed by atoms with Crippen LogP contribution in [0.2, 0.25) is 0 Å². The molecule has 3 heteroatoms. The van der Waals surface area contributed by atoms with Crippen LogP contribution < -0.4 is 0 Å². The Kier molecular flexibility index (Phi) is 5.53. The lowest BCUT2D eigenvalue weighted by Crippen LogP contribution is -2.27. The van der Waals surface area contributed by atoms with Crippen molar-refractivity contribution in [1.82, 2.24) is 0 Å². The highest BCUT2D eigenvalue weighted by molar-refractivity contribution is 4.71. The maximum Gasteiger partial charge on any atom is 0.392 e. The second-order valence-electron chi connectivity index (χ2n) is 4.72. The standard InChI is InChI=1S/C11H21F3/c1-8(2)6-5-7-10(9(3)4)11(12,13)14/h8-10H,5-7H2,1-4H3/t10-/m0/s1. The van der Waals surface area contributed by atoms with E-state index in [1.807, 2.05) is 13.8 Å². The van der Waals surface area contributed by atoms with Gasteiger partial charge in [0.2, 0.25) is 0 Å². The van der Waals surface area contributed by atoms with Crippen molar-refractivity contribution in [3.05, 3.63) is 0 Å². The van der Waals surface area contributed by atoms with E-state index < -0.39 is 12.1 Å². The average Bonchev–Trinajstić information content (AvgIpc) is 1.94. The zero-order chi connectivity index (χ0) is 11.4. The average molecular weight is 210 g/mol. The molecule has 0 fully saturated rings. The molecule has 0 aromatic rings. The summed E-state index contributed by atoms with van der Waals surface area (Å²) in [7, 11) is 0. The van der Waals surface area contributed by atoms with E-state index in [4.69, 9.17) is 0 Å². The van der Waals surface area contributed by atoms with Gasteiger partial charge >= 0.3 is 6.18 Å². The minimum atomic E-state index is -4.02. The molecule has 86 valence electrons. The second kappa shape index (κ2) is 5.62. The molecule has 0 N–H and O–H groups in total. The monoisotopic (exact) mass is 210 g/mol. The van der Waals surface area contributed by atoms with Gasteiger partial charge in [0, 0.05) is 0 Å². The van der Waals surface area contributed by atoms with E-state index in [1.54, 1.807) is 13.8 Å². The molecular formula is C11H21F3. The number of halogens is 3. The summed E-state index contributed by atoms with van der Waals surface area (Å²) in [6.07, 6.45) is -2.18. The van der Waals surface area contributed by atoms with Gasteiger partial charge < -0.3 is 0 Å². The molecule has 0 saturated carbocycles. The Morgan fingerprint density at radius 1 is 0.929 bits per heavy atom. The lowest BCUT2D eigenvalue weighted by molar-refractivity contribution is -0.188. The molecule has 0 radical (unpaired) electrons. The van der Waals surface area contributed by atoms with Crippen molar-refractivity contribution in [1.29, 1.82) is 0 Å². The summed E-state index contributed by atoms with van der Waals surface area (Å²) in [5.74, 6) is -0.931. The van der Waals surface area contributed by atoms with Crippen molar-refractivity contribution >= 4 is 0 Å². The molecule has 0 aromatic heterocycles. The Balaban J connectivity index is 4.00. The smallest absolute Gasteiger partial charge is 0.171 e. The van der Waals surface area contributed by atoms with Crippen LogP contribution in [0.5, 0.6) is 0 Å². The zero-order valence-corrected chi connectivity index (χ0v) is 9.49. The van der Waals surface area contributed by atoms with E-state index in [9.17, 15) is 13.2 Å². The fraction of sp³-hybridized carbons (Fsp3) is 1.00. The highest BCUT2D eigenvalue weighted by atomic mass is 19.4. The first kappa shape index (κ1) is 13.8. The summed E-state index contributed by atoms with van der Waals surface area (Å²) >= 11 is 0. The van der Waals surface area contributed by atoms with Crippen LogP contribution in [-0.4, -0.2) is 6.18 Å². The van der Waals surface area contributed by atoms with Crippen LogP contribution in [0.25, 0.3) is 0 Å². The van der Waals surface area contributed by atoms with Gasteiger partial charge in [-0.15, -0.1) is 0 Å². The molecule has 0 aliphatic heterocycles. The van der Waals surface area contributed by atoms with Crippen LogP contribution in [0.3, 0.4) is 0 Å². The van der Waals surface area contributed by atoms with Crippen molar-refractivity contribution in [2.45, 2.75) is 53.1 Å². The molecule has 0 heterocycles. The molecule has 14 heavy (non-hydrogen) atoms. The molecule has 0 aliphatic rings. The summed E-state index contributed by atoms with van der Waals surface area (Å²) in [4.78, 5) is 0. The van der Waals surface area contributed by atoms with Crippen molar-refractivity contribution in [2.75, 3.05) is 0 Å². The first-order valence-corrected chi connectivity index (χ1v) is 5.31. The summed E-state index contributed by atoms with van der Waals surface area (Å²) in [6.45, 7) is 7.37. The summed E-state index contributed by atoms with van der Waals surface area (Å²) in [5, 5.41) is 0. The molecular weight excluding hydrogens is 189 g/mol. The van der Waals surface area contributed by atoms with E-state index in [0.717, 1.165) is 6.42 Å². The molecule has 0 unspecified atom stereocenters. The number of alkyl halides is 3. The van der Waals surface area contributed by atoms with Gasteiger partial charge in [-0.3, -0.25) is 0 Å². The Morgan fingerprint density at radius 3 is 1.71 bits per heavy atom. The van der Waals surface area contributed by atoms with Gasteiger partial charge in [-0.25, -0.2) is 0 Å². The lowest BCUT2D eigenvalue weighted by Gasteiger charge is -2.23. The Hall–Kier alpha value is -0.210. The molecule has 0 aromatic carbocycles. The molecule has 0 spiro atoms. The van der Waals surface area contributed by atoms with E-state index in [2.05, 4.69) is 0 Å². The second-order valence-corrected chi connectivity index (χ2v) is 4.72. The van der Waals surface area contributed by atoms with Gasteiger partial charge in [0.05, 0.1) is 5.92 Å². The largest absolute Gasteiger partial charge is 0.392 e. The summed E-state index contributed by atoms with van der Waals surface area (Å²) in [5.41, 5.74) is 0. The predicted molar refractivity (Wildman–Crippen MR) is 53.1 cm³/mol. The number of hydrogen-bond donors (Lipinski definition) is 0. The van der Waals surface area contributed by atoms with Gasteiger partial charge in [0.1, 0.15) is 0 Å². The first-order valence-electron chi connectivity index (χ1n) is 5.31. The lowest BCUT2D eigenvalue weighted by atomic mass is 9.89. The molecule has 1 atom stereocenters. The molecule has 0 amide bonds. The highest BCUT2D eigenvalue weighted by Crippen LogP contribution is 2.35. The maximum atomic E-state index is 12.5. The quantitative estimate of drug-likeness (QED) is 0.619. The van der Waals surface area contributed by atoms with E-state index in [1.165, 1.54) is 0 Å². The molecule has 0 nitrogen and oxygen atoms in total. The van der Waals surface area contributed by atoms with Crippen LogP contribution in [0, 0.1) is 17.8 Å². The molecule has 0 bridgehead atoms. The molecule has 0 aliphatic carbocycles. The SMILES string of the molecule is CC(C)CCC[C@@H](C(C)C)C(F)(F)F. The first-order chi connectivity index (χ1) is 6.25. The maximum absolute atomic E-state index is 12.5. The highest BCUT2D eigenvalue weighted by Gasteiger charge is 2.40. The van der Waals surface area contributed by atoms with Gasteiger partial charge in [0.25, 0.3) is 0 Å². The Bertz CT molecular complexity index is 147.